The number of carbonyl (C=O) groups is 3. The Hall–Kier alpha value is -2.45. The Balaban J connectivity index is 2.43. The van der Waals surface area contributed by atoms with E-state index in [-0.39, 0.29) is 13.0 Å². The first-order valence-corrected chi connectivity index (χ1v) is 8.79. The number of nitrogens with one attached hydrogen (secondary N) is 1. The van der Waals surface area contributed by atoms with Crippen LogP contribution in [0.2, 0.25) is 0 Å². The molecule has 0 saturated carbocycles. The maximum Gasteiger partial charge on any atom is 0.408 e. The maximum atomic E-state index is 13.2. The Morgan fingerprint density at radius 2 is 2.04 bits per heavy atom. The summed E-state index contributed by atoms with van der Waals surface area (Å²) in [6.45, 7) is 3.46. The minimum absolute atomic E-state index is 0.157. The molecule has 2 rings (SSSR count). The van der Waals surface area contributed by atoms with Crippen LogP contribution in [0, 0.1) is 6.92 Å². The van der Waals surface area contributed by atoms with Gasteiger partial charge in [-0.25, -0.2) is 4.79 Å². The number of aryl methyl sites for hydroxylation is 1. The van der Waals surface area contributed by atoms with E-state index in [2.05, 4.69) is 5.32 Å². The second kappa shape index (κ2) is 8.06. The van der Waals surface area contributed by atoms with Crippen molar-refractivity contribution < 1.29 is 29.3 Å². The van der Waals surface area contributed by atoms with E-state index in [4.69, 9.17) is 4.74 Å². The molecule has 27 heavy (non-hydrogen) atoms. The van der Waals surface area contributed by atoms with Crippen molar-refractivity contribution >= 4 is 18.3 Å². The van der Waals surface area contributed by atoms with Crippen LogP contribution in [0.4, 0.5) is 4.79 Å². The third kappa shape index (κ3) is 3.96. The summed E-state index contributed by atoms with van der Waals surface area (Å²) in [7, 11) is 1.19. The quantitative estimate of drug-likeness (QED) is 0.483. The second-order valence-electron chi connectivity index (χ2n) is 6.98. The van der Waals surface area contributed by atoms with Crippen molar-refractivity contribution in [3.8, 4) is 0 Å². The van der Waals surface area contributed by atoms with Gasteiger partial charge in [-0.3, -0.25) is 14.5 Å². The van der Waals surface area contributed by atoms with Crippen LogP contribution >= 0.6 is 0 Å². The van der Waals surface area contributed by atoms with Gasteiger partial charge in [-0.1, -0.05) is 29.8 Å². The number of carbonyl (C=O) groups excluding carboxylic acids is 2. The predicted molar refractivity (Wildman–Crippen MR) is 97.2 cm³/mol. The van der Waals surface area contributed by atoms with Gasteiger partial charge >= 0.3 is 6.09 Å². The number of nitrogens with zero attached hydrogens (tertiary/aromatic N) is 1. The first-order chi connectivity index (χ1) is 12.7. The van der Waals surface area contributed by atoms with Crippen molar-refractivity contribution in [3.63, 3.8) is 0 Å². The number of aliphatic hydroxyl groups is 1. The van der Waals surface area contributed by atoms with Gasteiger partial charge in [0.15, 0.2) is 6.29 Å². The topological polar surface area (TPSA) is 116 Å². The normalized spacial score (nSPS) is 22.7. The zero-order chi connectivity index (χ0) is 20.2. The number of rotatable bonds is 7. The lowest BCUT2D eigenvalue weighted by Crippen LogP contribution is -2.66. The van der Waals surface area contributed by atoms with Crippen LogP contribution in [0.3, 0.4) is 0 Å². The smallest absolute Gasteiger partial charge is 0.408 e. The SMILES string of the molecule is CO[C@](C=O)(NC(=O)C1(Cc2ccc(C)cc2)CCCN1C(=O)O)[C@H](C)O. The molecule has 148 valence electrons. The van der Waals surface area contributed by atoms with Crippen LogP contribution in [0.5, 0.6) is 0 Å². The zero-order valence-corrected chi connectivity index (χ0v) is 15.8. The fourth-order valence-electron chi connectivity index (χ4n) is 3.50. The zero-order valence-electron chi connectivity index (χ0n) is 15.8. The van der Waals surface area contributed by atoms with Gasteiger partial charge in [-0.15, -0.1) is 0 Å². The van der Waals surface area contributed by atoms with Gasteiger partial charge in [0.25, 0.3) is 0 Å². The third-order valence-electron chi connectivity index (χ3n) is 5.20. The summed E-state index contributed by atoms with van der Waals surface area (Å²) in [6.07, 6.45) is -1.24. The van der Waals surface area contributed by atoms with E-state index < -0.39 is 29.4 Å². The number of benzene rings is 1. The Morgan fingerprint density at radius 3 is 2.52 bits per heavy atom. The molecular weight excluding hydrogens is 352 g/mol. The Bertz CT molecular complexity index is 705. The van der Waals surface area contributed by atoms with Crippen LogP contribution in [0.25, 0.3) is 0 Å². The number of methoxy groups -OCH3 is 1. The Morgan fingerprint density at radius 1 is 1.41 bits per heavy atom. The van der Waals surface area contributed by atoms with Crippen LogP contribution in [-0.2, 0) is 20.7 Å². The highest BCUT2D eigenvalue weighted by atomic mass is 16.5. The average Bonchev–Trinajstić information content (AvgIpc) is 3.06. The number of likely N-dealkylation sites (tertiary alicyclic amines) is 1. The number of ether oxygens (including phenoxy) is 1. The molecule has 0 aliphatic carbocycles. The molecule has 1 saturated heterocycles. The molecular formula is C19H26N2O6. The average molecular weight is 378 g/mol. The summed E-state index contributed by atoms with van der Waals surface area (Å²) in [5.74, 6) is -0.669. The summed E-state index contributed by atoms with van der Waals surface area (Å²) in [6, 6.07) is 7.48. The maximum absolute atomic E-state index is 13.2. The molecule has 1 aliphatic rings. The third-order valence-corrected chi connectivity index (χ3v) is 5.20. The predicted octanol–water partition coefficient (Wildman–Crippen LogP) is 1.09. The van der Waals surface area contributed by atoms with E-state index in [1.807, 2.05) is 31.2 Å². The number of aliphatic hydroxyl groups excluding tert-OH is 1. The minimum atomic E-state index is -1.94. The van der Waals surface area contributed by atoms with Gasteiger partial charge in [-0.05, 0) is 32.3 Å². The highest BCUT2D eigenvalue weighted by Gasteiger charge is 2.52. The molecule has 1 aromatic carbocycles. The lowest BCUT2D eigenvalue weighted by Gasteiger charge is -2.39. The van der Waals surface area contributed by atoms with Crippen molar-refractivity contribution in [2.45, 2.75) is 50.5 Å². The van der Waals surface area contributed by atoms with Crippen LogP contribution in [0.1, 0.15) is 30.9 Å². The van der Waals surface area contributed by atoms with Crippen LogP contribution in [-0.4, -0.2) is 64.4 Å². The molecule has 3 atom stereocenters. The van der Waals surface area contributed by atoms with Gasteiger partial charge in [-0.2, -0.15) is 0 Å². The molecule has 1 unspecified atom stereocenters. The van der Waals surface area contributed by atoms with Crippen LogP contribution in [0.15, 0.2) is 24.3 Å². The minimum Gasteiger partial charge on any atom is -0.465 e. The molecule has 1 fully saturated rings. The molecule has 1 aromatic rings. The molecule has 3 N–H and O–H groups in total. The lowest BCUT2D eigenvalue weighted by atomic mass is 9.86. The number of hydrogen-bond donors (Lipinski definition) is 3. The van der Waals surface area contributed by atoms with Crippen molar-refractivity contribution in [1.29, 1.82) is 0 Å². The van der Waals surface area contributed by atoms with Crippen molar-refractivity contribution in [3.05, 3.63) is 35.4 Å². The van der Waals surface area contributed by atoms with E-state index in [9.17, 15) is 24.6 Å². The first kappa shape index (κ1) is 20.9. The largest absolute Gasteiger partial charge is 0.465 e. The van der Waals surface area contributed by atoms with Crippen molar-refractivity contribution in [1.82, 2.24) is 10.2 Å². The summed E-state index contributed by atoms with van der Waals surface area (Å²) in [5.41, 5.74) is -1.48. The molecule has 0 bridgehead atoms. The number of amides is 2. The molecule has 1 aliphatic heterocycles. The summed E-state index contributed by atoms with van der Waals surface area (Å²) >= 11 is 0. The van der Waals surface area contributed by atoms with Gasteiger partial charge in [0.1, 0.15) is 11.6 Å². The van der Waals surface area contributed by atoms with Crippen molar-refractivity contribution in [2.24, 2.45) is 0 Å². The molecule has 8 heteroatoms. The van der Waals surface area contributed by atoms with E-state index in [0.29, 0.717) is 19.1 Å². The van der Waals surface area contributed by atoms with E-state index in [1.54, 1.807) is 0 Å². The second-order valence-corrected chi connectivity index (χ2v) is 6.98. The summed E-state index contributed by atoms with van der Waals surface area (Å²) in [4.78, 5) is 37.7. The lowest BCUT2D eigenvalue weighted by molar-refractivity contribution is -0.161. The molecule has 2 amide bonds. The van der Waals surface area contributed by atoms with Gasteiger partial charge < -0.3 is 20.3 Å². The highest BCUT2D eigenvalue weighted by molar-refractivity contribution is 5.93. The first-order valence-electron chi connectivity index (χ1n) is 8.79. The standard InChI is InChI=1S/C19H26N2O6/c1-13-5-7-15(8-6-13)11-18(9-4-10-21(18)17(25)26)16(24)20-19(12-22,27-3)14(2)23/h5-8,12,14,23H,4,9-11H2,1-3H3,(H,20,24)(H,25,26)/t14-,18?,19-/m0/s1. The highest BCUT2D eigenvalue weighted by Crippen LogP contribution is 2.34. The van der Waals surface area contributed by atoms with Crippen molar-refractivity contribution in [2.75, 3.05) is 13.7 Å². The van der Waals surface area contributed by atoms with E-state index in [0.717, 1.165) is 16.0 Å². The van der Waals surface area contributed by atoms with Gasteiger partial charge in [0.2, 0.25) is 11.6 Å². The number of hydrogen-bond acceptors (Lipinski definition) is 5. The van der Waals surface area contributed by atoms with E-state index in [1.165, 1.54) is 14.0 Å². The fraction of sp³-hybridized carbons (Fsp3) is 0.526. The van der Waals surface area contributed by atoms with Gasteiger partial charge in [0, 0.05) is 20.1 Å². The Kier molecular flexibility index (Phi) is 6.22. The molecule has 0 radical (unpaired) electrons. The number of carboxylic acid groups (broad SMARTS) is 1. The number of aldehydes is 1. The van der Waals surface area contributed by atoms with E-state index >= 15 is 0 Å². The Labute approximate surface area is 158 Å². The van der Waals surface area contributed by atoms with Gasteiger partial charge in [0.05, 0.1) is 0 Å². The summed E-state index contributed by atoms with van der Waals surface area (Å²) in [5, 5.41) is 22.0. The van der Waals surface area contributed by atoms with Crippen LogP contribution < -0.4 is 5.32 Å². The monoisotopic (exact) mass is 378 g/mol. The molecule has 0 aromatic heterocycles. The molecule has 0 spiro atoms. The fourth-order valence-corrected chi connectivity index (χ4v) is 3.50. The molecule has 8 nitrogen and oxygen atoms in total. The molecule has 1 heterocycles. The summed E-state index contributed by atoms with van der Waals surface area (Å²) < 4.78 is 5.07.